The number of benzene rings is 3. The SMILES string of the molecule is CCn1c(C)c(/C=C2\Oc3ccc(NC(=O)Nc4ccc(OCCN(C)C)cc4)cc3C2=O)c2cc(OC)ccc21. The van der Waals surface area contributed by atoms with Gasteiger partial charge < -0.3 is 34.3 Å². The second-order valence-corrected chi connectivity index (χ2v) is 10.0. The molecule has 0 radical (unpaired) electrons. The molecule has 9 nitrogen and oxygen atoms in total. The molecule has 1 aromatic heterocycles. The Kier molecular flexibility index (Phi) is 7.98. The molecule has 2 heterocycles. The second-order valence-electron chi connectivity index (χ2n) is 10.0. The van der Waals surface area contributed by atoms with Gasteiger partial charge in [0.05, 0.1) is 12.7 Å². The number of Topliss-reactive ketones (excluding diaryl/α,β-unsaturated/α-hetero) is 1. The van der Waals surface area contributed by atoms with Crippen LogP contribution >= 0.6 is 0 Å². The van der Waals surface area contributed by atoms with E-state index in [-0.39, 0.29) is 11.5 Å². The van der Waals surface area contributed by atoms with Gasteiger partial charge >= 0.3 is 6.03 Å². The highest BCUT2D eigenvalue weighted by Gasteiger charge is 2.29. The lowest BCUT2D eigenvalue weighted by Crippen LogP contribution is -2.20. The van der Waals surface area contributed by atoms with E-state index in [1.165, 1.54) is 0 Å². The number of anilines is 2. The number of hydrogen-bond donors (Lipinski definition) is 2. The highest BCUT2D eigenvalue weighted by atomic mass is 16.5. The van der Waals surface area contributed by atoms with E-state index in [0.717, 1.165) is 46.7 Å². The lowest BCUT2D eigenvalue weighted by Gasteiger charge is -2.12. The van der Waals surface area contributed by atoms with Crippen molar-refractivity contribution in [3.63, 3.8) is 0 Å². The molecule has 0 saturated carbocycles. The number of urea groups is 1. The summed E-state index contributed by atoms with van der Waals surface area (Å²) in [5, 5.41) is 6.57. The van der Waals surface area contributed by atoms with Crippen molar-refractivity contribution in [2.75, 3.05) is 45.0 Å². The van der Waals surface area contributed by atoms with Crippen molar-refractivity contribution in [1.29, 1.82) is 0 Å². The van der Waals surface area contributed by atoms with E-state index in [1.807, 2.05) is 44.1 Å². The van der Waals surface area contributed by atoms with E-state index in [0.29, 0.717) is 29.3 Å². The van der Waals surface area contributed by atoms with Crippen LogP contribution < -0.4 is 24.8 Å². The maximum atomic E-state index is 13.4. The van der Waals surface area contributed by atoms with Gasteiger partial charge in [0.15, 0.2) is 5.76 Å². The minimum Gasteiger partial charge on any atom is -0.497 e. The van der Waals surface area contributed by atoms with Gasteiger partial charge in [-0.25, -0.2) is 4.79 Å². The molecule has 2 amide bonds. The first-order valence-electron chi connectivity index (χ1n) is 13.5. The predicted molar refractivity (Wildman–Crippen MR) is 161 cm³/mol. The number of likely N-dealkylation sites (N-methyl/N-ethyl adjacent to an activating group) is 1. The molecular weight excluding hydrogens is 520 g/mol. The van der Waals surface area contributed by atoms with Crippen molar-refractivity contribution >= 4 is 40.2 Å². The van der Waals surface area contributed by atoms with Crippen molar-refractivity contribution < 1.29 is 23.8 Å². The number of ether oxygens (including phenoxy) is 3. The number of rotatable bonds is 9. The number of amides is 2. The number of nitrogens with zero attached hydrogens (tertiary/aromatic N) is 2. The van der Waals surface area contributed by atoms with Gasteiger partial charge in [0.1, 0.15) is 23.9 Å². The summed E-state index contributed by atoms with van der Waals surface area (Å²) in [7, 11) is 5.61. The number of fused-ring (bicyclic) bond motifs is 2. The largest absolute Gasteiger partial charge is 0.497 e. The summed E-state index contributed by atoms with van der Waals surface area (Å²) in [5.74, 6) is 1.91. The van der Waals surface area contributed by atoms with Crippen molar-refractivity contribution in [2.45, 2.75) is 20.4 Å². The zero-order valence-corrected chi connectivity index (χ0v) is 23.9. The van der Waals surface area contributed by atoms with E-state index >= 15 is 0 Å². The summed E-state index contributed by atoms with van der Waals surface area (Å²) in [6.45, 7) is 6.29. The number of methoxy groups -OCH3 is 1. The molecule has 41 heavy (non-hydrogen) atoms. The Morgan fingerprint density at radius 1 is 1.00 bits per heavy atom. The topological polar surface area (TPSA) is 94.1 Å². The van der Waals surface area contributed by atoms with Crippen LogP contribution in [0.2, 0.25) is 0 Å². The molecule has 3 aromatic carbocycles. The summed E-state index contributed by atoms with van der Waals surface area (Å²) in [5.41, 5.74) is 4.48. The number of allylic oxidation sites excluding steroid dienone is 1. The third-order valence-electron chi connectivity index (χ3n) is 7.02. The van der Waals surface area contributed by atoms with E-state index < -0.39 is 6.03 Å². The molecule has 2 N–H and O–H groups in total. The minimum atomic E-state index is -0.426. The third kappa shape index (κ3) is 5.90. The zero-order valence-electron chi connectivity index (χ0n) is 23.9. The van der Waals surface area contributed by atoms with Crippen LogP contribution in [0.25, 0.3) is 17.0 Å². The number of hydrogen-bond acceptors (Lipinski definition) is 6. The number of nitrogens with one attached hydrogen (secondary N) is 2. The Morgan fingerprint density at radius 2 is 1.71 bits per heavy atom. The van der Waals surface area contributed by atoms with Crippen LogP contribution in [-0.4, -0.2) is 55.6 Å². The monoisotopic (exact) mass is 554 g/mol. The first-order valence-corrected chi connectivity index (χ1v) is 13.5. The van der Waals surface area contributed by atoms with Gasteiger partial charge in [-0.1, -0.05) is 0 Å². The summed E-state index contributed by atoms with van der Waals surface area (Å²) in [6, 6.07) is 17.7. The quantitative estimate of drug-likeness (QED) is 0.240. The average Bonchev–Trinajstić information content (AvgIpc) is 3.41. The Morgan fingerprint density at radius 3 is 2.41 bits per heavy atom. The van der Waals surface area contributed by atoms with Crippen LogP contribution in [0.5, 0.6) is 17.2 Å². The van der Waals surface area contributed by atoms with Crippen LogP contribution in [0.4, 0.5) is 16.2 Å². The van der Waals surface area contributed by atoms with Crippen LogP contribution in [0.1, 0.15) is 28.5 Å². The number of carbonyl (C=O) groups excluding carboxylic acids is 2. The molecule has 5 rings (SSSR count). The molecule has 0 unspecified atom stereocenters. The maximum Gasteiger partial charge on any atom is 0.323 e. The van der Waals surface area contributed by atoms with Crippen LogP contribution in [0.3, 0.4) is 0 Å². The summed E-state index contributed by atoms with van der Waals surface area (Å²) in [6.07, 6.45) is 1.79. The van der Waals surface area contributed by atoms with E-state index in [2.05, 4.69) is 22.1 Å². The normalized spacial score (nSPS) is 13.4. The van der Waals surface area contributed by atoms with Gasteiger partial charge in [-0.3, -0.25) is 4.79 Å². The third-order valence-corrected chi connectivity index (χ3v) is 7.02. The van der Waals surface area contributed by atoms with Crippen LogP contribution in [0, 0.1) is 6.92 Å². The van der Waals surface area contributed by atoms with E-state index in [9.17, 15) is 9.59 Å². The molecule has 0 saturated heterocycles. The fourth-order valence-corrected chi connectivity index (χ4v) is 4.88. The lowest BCUT2D eigenvalue weighted by molar-refractivity contribution is 0.101. The molecule has 0 atom stereocenters. The van der Waals surface area contributed by atoms with Gasteiger partial charge in [-0.2, -0.15) is 0 Å². The molecule has 0 fully saturated rings. The van der Waals surface area contributed by atoms with E-state index in [1.54, 1.807) is 55.7 Å². The maximum absolute atomic E-state index is 13.4. The first kappa shape index (κ1) is 27.8. The first-order chi connectivity index (χ1) is 19.8. The number of aromatic nitrogens is 1. The molecule has 0 aliphatic carbocycles. The summed E-state index contributed by atoms with van der Waals surface area (Å²) in [4.78, 5) is 28.0. The Labute approximate surface area is 239 Å². The van der Waals surface area contributed by atoms with Gasteiger partial charge in [-0.15, -0.1) is 0 Å². The predicted octanol–water partition coefficient (Wildman–Crippen LogP) is 6.18. The molecule has 9 heteroatoms. The Bertz CT molecular complexity index is 1640. The van der Waals surface area contributed by atoms with Gasteiger partial charge in [0.25, 0.3) is 0 Å². The van der Waals surface area contributed by atoms with Gasteiger partial charge in [0.2, 0.25) is 5.78 Å². The molecule has 1 aliphatic heterocycles. The lowest BCUT2D eigenvalue weighted by atomic mass is 10.1. The summed E-state index contributed by atoms with van der Waals surface area (Å²) < 4.78 is 19.3. The summed E-state index contributed by atoms with van der Waals surface area (Å²) >= 11 is 0. The van der Waals surface area contributed by atoms with Crippen molar-refractivity contribution in [1.82, 2.24) is 9.47 Å². The minimum absolute atomic E-state index is 0.232. The highest BCUT2D eigenvalue weighted by molar-refractivity contribution is 6.16. The van der Waals surface area contributed by atoms with Crippen molar-refractivity contribution in [3.8, 4) is 17.2 Å². The van der Waals surface area contributed by atoms with E-state index in [4.69, 9.17) is 14.2 Å². The molecule has 0 bridgehead atoms. The molecule has 212 valence electrons. The molecule has 4 aromatic rings. The van der Waals surface area contributed by atoms with Crippen LogP contribution in [-0.2, 0) is 6.54 Å². The van der Waals surface area contributed by atoms with Gasteiger partial charge in [0, 0.05) is 46.6 Å². The Balaban J connectivity index is 1.29. The molecule has 1 aliphatic rings. The zero-order chi connectivity index (χ0) is 29.1. The second kappa shape index (κ2) is 11.8. The number of ketones is 1. The van der Waals surface area contributed by atoms with Gasteiger partial charge in [-0.05, 0) is 94.7 Å². The number of aryl methyl sites for hydroxylation is 1. The standard InChI is InChI=1S/C32H34N4O5/c1-6-36-20(2)25(26-18-24(39-5)12-13-28(26)36)19-30-31(37)27-17-22(9-14-29(27)41-30)34-32(38)33-21-7-10-23(11-8-21)40-16-15-35(3)4/h7-14,17-19H,6,15-16H2,1-5H3,(H2,33,34,38)/b30-19-. The van der Waals surface area contributed by atoms with Crippen LogP contribution in [0.15, 0.2) is 66.4 Å². The Hall–Kier alpha value is -4.76. The smallest absolute Gasteiger partial charge is 0.323 e. The highest BCUT2D eigenvalue weighted by Crippen LogP contribution is 2.36. The molecular formula is C32H34N4O5. The average molecular weight is 555 g/mol. The van der Waals surface area contributed by atoms with Crippen molar-refractivity contribution in [3.05, 3.63) is 83.2 Å². The fraction of sp³-hybridized carbons (Fsp3) is 0.250. The number of carbonyl (C=O) groups is 2. The molecule has 0 spiro atoms. The fourth-order valence-electron chi connectivity index (χ4n) is 4.88. The van der Waals surface area contributed by atoms with Crippen molar-refractivity contribution in [2.24, 2.45) is 0 Å².